The van der Waals surface area contributed by atoms with Gasteiger partial charge in [0, 0.05) is 30.8 Å². The first kappa shape index (κ1) is 11.4. The van der Waals surface area contributed by atoms with E-state index in [0.29, 0.717) is 5.82 Å². The van der Waals surface area contributed by atoms with Crippen LogP contribution < -0.4 is 10.4 Å². The smallest absolute Gasteiger partial charge is 0.423 e. The Labute approximate surface area is 93.9 Å². The largest absolute Gasteiger partial charge is 0.493 e. The first-order chi connectivity index (χ1) is 7.68. The van der Waals surface area contributed by atoms with Gasteiger partial charge in [-0.3, -0.25) is 0 Å². The van der Waals surface area contributed by atoms with E-state index in [2.05, 4.69) is 4.98 Å². The molecular formula is C10H14BFN2O2. The molecule has 0 unspecified atom stereocenters. The summed E-state index contributed by atoms with van der Waals surface area (Å²) in [6.07, 6.45) is 4.57. The highest BCUT2D eigenvalue weighted by Crippen LogP contribution is 2.17. The van der Waals surface area contributed by atoms with Gasteiger partial charge in [-0.1, -0.05) is 0 Å². The number of piperidine rings is 1. The van der Waals surface area contributed by atoms with E-state index in [1.807, 2.05) is 4.90 Å². The van der Waals surface area contributed by atoms with Crippen molar-refractivity contribution in [2.45, 2.75) is 19.3 Å². The monoisotopic (exact) mass is 224 g/mol. The summed E-state index contributed by atoms with van der Waals surface area (Å²) in [5.74, 6) is -0.0489. The minimum Gasteiger partial charge on any atom is -0.423 e. The van der Waals surface area contributed by atoms with Crippen LogP contribution in [0.4, 0.5) is 10.2 Å². The molecule has 0 bridgehead atoms. The van der Waals surface area contributed by atoms with Gasteiger partial charge in [-0.05, 0) is 19.3 Å². The second-order valence-corrected chi connectivity index (χ2v) is 3.99. The number of halogens is 1. The highest BCUT2D eigenvalue weighted by molar-refractivity contribution is 6.58. The molecular weight excluding hydrogens is 210 g/mol. The summed E-state index contributed by atoms with van der Waals surface area (Å²) in [5.41, 5.74) is -0.180. The van der Waals surface area contributed by atoms with Crippen LogP contribution in [0.3, 0.4) is 0 Å². The molecule has 2 rings (SSSR count). The van der Waals surface area contributed by atoms with Gasteiger partial charge in [-0.25, -0.2) is 9.37 Å². The van der Waals surface area contributed by atoms with Crippen molar-refractivity contribution in [1.82, 2.24) is 4.98 Å². The Kier molecular flexibility index (Phi) is 3.41. The van der Waals surface area contributed by atoms with Crippen LogP contribution in [0.2, 0.25) is 0 Å². The van der Waals surface area contributed by atoms with Crippen molar-refractivity contribution >= 4 is 18.4 Å². The van der Waals surface area contributed by atoms with Crippen molar-refractivity contribution < 1.29 is 14.4 Å². The predicted octanol–water partition coefficient (Wildman–Crippen LogP) is -0.109. The first-order valence-corrected chi connectivity index (χ1v) is 5.45. The molecule has 1 aliphatic rings. The van der Waals surface area contributed by atoms with Gasteiger partial charge in [-0.2, -0.15) is 0 Å². The molecule has 1 fully saturated rings. The van der Waals surface area contributed by atoms with Crippen molar-refractivity contribution in [3.05, 3.63) is 18.1 Å². The molecule has 0 radical (unpaired) electrons. The molecule has 0 spiro atoms. The van der Waals surface area contributed by atoms with Crippen LogP contribution in [0.5, 0.6) is 0 Å². The van der Waals surface area contributed by atoms with E-state index < -0.39 is 12.9 Å². The Bertz CT molecular complexity index is 370. The van der Waals surface area contributed by atoms with E-state index >= 15 is 0 Å². The van der Waals surface area contributed by atoms with Crippen molar-refractivity contribution in [2.75, 3.05) is 18.0 Å². The fourth-order valence-corrected chi connectivity index (χ4v) is 1.92. The minimum absolute atomic E-state index is 0.180. The van der Waals surface area contributed by atoms with Gasteiger partial charge in [0.25, 0.3) is 0 Å². The van der Waals surface area contributed by atoms with Crippen LogP contribution in [0, 0.1) is 5.82 Å². The highest BCUT2D eigenvalue weighted by Gasteiger charge is 2.19. The standard InChI is InChI=1S/C10H14BFN2O2/c12-9-6-10(13-7-8(9)11(15)16)14-4-2-1-3-5-14/h6-7,15-16H,1-5H2. The Balaban J connectivity index is 2.19. The normalized spacial score (nSPS) is 16.3. The van der Waals surface area contributed by atoms with Gasteiger partial charge in [0.15, 0.2) is 0 Å². The highest BCUT2D eigenvalue weighted by atomic mass is 19.1. The van der Waals surface area contributed by atoms with Crippen molar-refractivity contribution in [2.24, 2.45) is 0 Å². The van der Waals surface area contributed by atoms with Crippen LogP contribution in [0.25, 0.3) is 0 Å². The fraction of sp³-hybridized carbons (Fsp3) is 0.500. The number of hydrogen-bond donors (Lipinski definition) is 2. The lowest BCUT2D eigenvalue weighted by atomic mass is 9.81. The van der Waals surface area contributed by atoms with E-state index in [1.165, 1.54) is 18.7 Å². The summed E-state index contributed by atoms with van der Waals surface area (Å²) in [5, 5.41) is 17.7. The summed E-state index contributed by atoms with van der Waals surface area (Å²) in [6.45, 7) is 1.76. The molecule has 0 amide bonds. The Morgan fingerprint density at radius 1 is 1.25 bits per heavy atom. The van der Waals surface area contributed by atoms with Crippen molar-refractivity contribution in [1.29, 1.82) is 0 Å². The molecule has 4 nitrogen and oxygen atoms in total. The van der Waals surface area contributed by atoms with E-state index in [4.69, 9.17) is 10.0 Å². The van der Waals surface area contributed by atoms with E-state index in [1.54, 1.807) is 0 Å². The lowest BCUT2D eigenvalue weighted by Gasteiger charge is -2.27. The van der Waals surface area contributed by atoms with E-state index in [0.717, 1.165) is 25.9 Å². The third kappa shape index (κ3) is 2.33. The minimum atomic E-state index is -1.80. The van der Waals surface area contributed by atoms with Gasteiger partial charge in [-0.15, -0.1) is 0 Å². The lowest BCUT2D eigenvalue weighted by Crippen LogP contribution is -2.35. The quantitative estimate of drug-likeness (QED) is 0.688. The molecule has 1 aromatic rings. The van der Waals surface area contributed by atoms with Crippen LogP contribution >= 0.6 is 0 Å². The molecule has 6 heteroatoms. The number of nitrogens with zero attached hydrogens (tertiary/aromatic N) is 2. The average molecular weight is 224 g/mol. The van der Waals surface area contributed by atoms with Gasteiger partial charge in [0.05, 0.1) is 0 Å². The Morgan fingerprint density at radius 3 is 2.50 bits per heavy atom. The number of anilines is 1. The molecule has 1 aromatic heterocycles. The third-order valence-corrected chi connectivity index (χ3v) is 2.83. The molecule has 0 aliphatic carbocycles. The maximum Gasteiger partial charge on any atom is 0.493 e. The van der Waals surface area contributed by atoms with Crippen LogP contribution in [-0.4, -0.2) is 35.2 Å². The lowest BCUT2D eigenvalue weighted by molar-refractivity contribution is 0.422. The zero-order valence-corrected chi connectivity index (χ0v) is 8.93. The summed E-state index contributed by atoms with van der Waals surface area (Å²) in [7, 11) is -1.80. The van der Waals surface area contributed by atoms with Crippen LogP contribution in [0.15, 0.2) is 12.3 Å². The van der Waals surface area contributed by atoms with Gasteiger partial charge >= 0.3 is 7.12 Å². The Hall–Kier alpha value is -1.14. The van der Waals surface area contributed by atoms with Crippen LogP contribution in [-0.2, 0) is 0 Å². The number of hydrogen-bond acceptors (Lipinski definition) is 4. The van der Waals surface area contributed by atoms with Crippen molar-refractivity contribution in [3.8, 4) is 0 Å². The molecule has 2 N–H and O–H groups in total. The van der Waals surface area contributed by atoms with Crippen LogP contribution in [0.1, 0.15) is 19.3 Å². The number of rotatable bonds is 2. The topological polar surface area (TPSA) is 56.6 Å². The molecule has 1 aliphatic heterocycles. The maximum absolute atomic E-state index is 13.5. The first-order valence-electron chi connectivity index (χ1n) is 5.45. The van der Waals surface area contributed by atoms with Crippen molar-refractivity contribution in [3.63, 3.8) is 0 Å². The molecule has 0 atom stereocenters. The molecule has 0 aromatic carbocycles. The zero-order valence-electron chi connectivity index (χ0n) is 8.93. The summed E-state index contributed by atoms with van der Waals surface area (Å²) in [4.78, 5) is 6.06. The molecule has 1 saturated heterocycles. The average Bonchev–Trinajstić information content (AvgIpc) is 2.29. The third-order valence-electron chi connectivity index (χ3n) is 2.83. The predicted molar refractivity (Wildman–Crippen MR) is 60.1 cm³/mol. The number of aromatic nitrogens is 1. The SMILES string of the molecule is OB(O)c1cnc(N2CCCCC2)cc1F. The van der Waals surface area contributed by atoms with E-state index in [9.17, 15) is 4.39 Å². The summed E-state index contributed by atoms with van der Waals surface area (Å²) in [6, 6.07) is 1.26. The van der Waals surface area contributed by atoms with Gasteiger partial charge in [0.1, 0.15) is 11.6 Å². The van der Waals surface area contributed by atoms with Gasteiger partial charge < -0.3 is 14.9 Å². The number of pyridine rings is 1. The fourth-order valence-electron chi connectivity index (χ4n) is 1.92. The second-order valence-electron chi connectivity index (χ2n) is 3.99. The maximum atomic E-state index is 13.5. The van der Waals surface area contributed by atoms with Gasteiger partial charge in [0.2, 0.25) is 0 Å². The summed E-state index contributed by atoms with van der Waals surface area (Å²) >= 11 is 0. The summed E-state index contributed by atoms with van der Waals surface area (Å²) < 4.78 is 13.5. The second kappa shape index (κ2) is 4.80. The molecule has 16 heavy (non-hydrogen) atoms. The molecule has 86 valence electrons. The van der Waals surface area contributed by atoms with E-state index in [-0.39, 0.29) is 5.46 Å². The molecule has 2 heterocycles. The zero-order chi connectivity index (χ0) is 11.5. The molecule has 0 saturated carbocycles. The Morgan fingerprint density at radius 2 is 1.94 bits per heavy atom.